The first-order valence-electron chi connectivity index (χ1n) is 7.17. The van der Waals surface area contributed by atoms with Crippen LogP contribution in [0.2, 0.25) is 0 Å². The van der Waals surface area contributed by atoms with E-state index < -0.39 is 0 Å². The molecule has 0 amide bonds. The number of anilines is 1. The third-order valence-corrected chi connectivity index (χ3v) is 3.89. The largest absolute Gasteiger partial charge is 1.00 e. The predicted octanol–water partition coefficient (Wildman–Crippen LogP) is -0.838. The van der Waals surface area contributed by atoms with Gasteiger partial charge in [-0.2, -0.15) is 0 Å². The fourth-order valence-corrected chi connectivity index (χ4v) is 2.60. The van der Waals surface area contributed by atoms with Crippen LogP contribution in [-0.4, -0.2) is 21.6 Å². The Kier molecular flexibility index (Phi) is 5.00. The number of fused-ring (bicyclic) bond motifs is 1. The lowest BCUT2D eigenvalue weighted by molar-refractivity contribution is -0.669. The lowest BCUT2D eigenvalue weighted by Gasteiger charge is -2.05. The minimum atomic E-state index is 0. The molecule has 2 heterocycles. The van der Waals surface area contributed by atoms with E-state index in [0.29, 0.717) is 5.95 Å². The average Bonchev–Trinajstić information content (AvgIpc) is 2.89. The van der Waals surface area contributed by atoms with Gasteiger partial charge in [0, 0.05) is 25.6 Å². The van der Waals surface area contributed by atoms with Crippen LogP contribution in [0.3, 0.4) is 0 Å². The summed E-state index contributed by atoms with van der Waals surface area (Å²) in [6.45, 7) is 4.15. The maximum atomic E-state index is 4.62. The fourth-order valence-electron chi connectivity index (χ4n) is 2.60. The zero-order valence-corrected chi connectivity index (χ0v) is 15.4. The molecule has 1 N–H and O–H groups in total. The Morgan fingerprint density at radius 1 is 1.23 bits per heavy atom. The SMILES string of the molecule is CCc1cn(-c2nc(C)[n+](C)c(NC)n2)c2ccccc12.[I-]. The van der Waals surface area contributed by atoms with Crippen LogP contribution in [0.4, 0.5) is 5.95 Å². The van der Waals surface area contributed by atoms with Crippen molar-refractivity contribution in [1.29, 1.82) is 0 Å². The van der Waals surface area contributed by atoms with Gasteiger partial charge in [-0.1, -0.05) is 35.1 Å². The molecule has 0 spiro atoms. The molecule has 22 heavy (non-hydrogen) atoms. The van der Waals surface area contributed by atoms with Crippen LogP contribution in [0.25, 0.3) is 16.9 Å². The highest BCUT2D eigenvalue weighted by Crippen LogP contribution is 2.23. The molecule has 0 fully saturated rings. The summed E-state index contributed by atoms with van der Waals surface area (Å²) in [5.41, 5.74) is 2.45. The van der Waals surface area contributed by atoms with Gasteiger partial charge >= 0.3 is 11.9 Å². The molecule has 0 unspecified atom stereocenters. The monoisotopic (exact) mass is 409 g/mol. The van der Waals surface area contributed by atoms with E-state index in [1.807, 2.05) is 31.7 Å². The molecule has 0 atom stereocenters. The molecular weight excluding hydrogens is 389 g/mol. The summed E-state index contributed by atoms with van der Waals surface area (Å²) < 4.78 is 4.01. The smallest absolute Gasteiger partial charge is 0.351 e. The van der Waals surface area contributed by atoms with Gasteiger partial charge in [0.2, 0.25) is 5.82 Å². The Labute approximate surface area is 147 Å². The van der Waals surface area contributed by atoms with Crippen molar-refractivity contribution in [3.05, 3.63) is 41.9 Å². The van der Waals surface area contributed by atoms with Crippen LogP contribution < -0.4 is 33.9 Å². The summed E-state index contributed by atoms with van der Waals surface area (Å²) >= 11 is 0. The molecular formula is C16H20IN5. The van der Waals surface area contributed by atoms with Crippen LogP contribution in [0.5, 0.6) is 0 Å². The van der Waals surface area contributed by atoms with E-state index in [1.165, 1.54) is 10.9 Å². The lowest BCUT2D eigenvalue weighted by Crippen LogP contribution is -3.00. The van der Waals surface area contributed by atoms with Crippen molar-refractivity contribution in [2.75, 3.05) is 12.4 Å². The number of aromatic nitrogens is 4. The van der Waals surface area contributed by atoms with Crippen LogP contribution in [0.15, 0.2) is 30.5 Å². The van der Waals surface area contributed by atoms with E-state index >= 15 is 0 Å². The van der Waals surface area contributed by atoms with Crippen LogP contribution >= 0.6 is 0 Å². The normalized spacial score (nSPS) is 10.5. The predicted molar refractivity (Wildman–Crippen MR) is 83.7 cm³/mol. The number of hydrogen-bond donors (Lipinski definition) is 1. The Morgan fingerprint density at radius 3 is 2.64 bits per heavy atom. The number of benzene rings is 1. The first-order chi connectivity index (χ1) is 10.2. The molecule has 0 aliphatic heterocycles. The number of nitrogens with one attached hydrogen (secondary N) is 1. The van der Waals surface area contributed by atoms with Crippen molar-refractivity contribution in [2.45, 2.75) is 20.3 Å². The topological polar surface area (TPSA) is 46.6 Å². The number of aryl methyl sites for hydroxylation is 2. The first kappa shape index (κ1) is 16.7. The summed E-state index contributed by atoms with van der Waals surface area (Å²) in [5, 5.41) is 4.38. The minimum absolute atomic E-state index is 0. The lowest BCUT2D eigenvalue weighted by atomic mass is 10.1. The third-order valence-electron chi connectivity index (χ3n) is 3.89. The van der Waals surface area contributed by atoms with Crippen LogP contribution in [0.1, 0.15) is 18.3 Å². The standard InChI is InChI=1S/C16H19N5.HI/c1-5-12-10-21(14-9-7-6-8-13(12)14)16-18-11(2)20(4)15(17-3)19-16;/h6-10H,5H2,1-4H3;1H. The molecule has 2 aromatic heterocycles. The zero-order valence-electron chi connectivity index (χ0n) is 13.3. The second-order valence-electron chi connectivity index (χ2n) is 5.10. The van der Waals surface area contributed by atoms with Crippen molar-refractivity contribution < 1.29 is 28.5 Å². The van der Waals surface area contributed by atoms with E-state index in [-0.39, 0.29) is 24.0 Å². The number of rotatable bonds is 3. The van der Waals surface area contributed by atoms with Gasteiger partial charge in [0.1, 0.15) is 0 Å². The van der Waals surface area contributed by atoms with E-state index in [1.54, 1.807) is 0 Å². The molecule has 1 aromatic carbocycles. The zero-order chi connectivity index (χ0) is 15.0. The molecule has 0 bridgehead atoms. The maximum Gasteiger partial charge on any atom is 0.351 e. The van der Waals surface area contributed by atoms with Gasteiger partial charge in [-0.15, -0.1) is 0 Å². The van der Waals surface area contributed by atoms with Crippen molar-refractivity contribution >= 4 is 16.9 Å². The molecule has 116 valence electrons. The molecule has 3 rings (SSSR count). The van der Waals surface area contributed by atoms with E-state index in [4.69, 9.17) is 0 Å². The van der Waals surface area contributed by atoms with Crippen molar-refractivity contribution in [2.24, 2.45) is 7.05 Å². The molecule has 0 saturated carbocycles. The maximum absolute atomic E-state index is 4.62. The summed E-state index contributed by atoms with van der Waals surface area (Å²) in [4.78, 5) is 9.25. The Morgan fingerprint density at radius 2 is 1.95 bits per heavy atom. The van der Waals surface area contributed by atoms with Gasteiger partial charge < -0.3 is 24.0 Å². The highest BCUT2D eigenvalue weighted by atomic mass is 127. The second-order valence-corrected chi connectivity index (χ2v) is 5.10. The number of hydrogen-bond acceptors (Lipinski definition) is 3. The molecule has 6 heteroatoms. The number of para-hydroxylation sites is 1. The molecule has 5 nitrogen and oxygen atoms in total. The molecule has 0 aliphatic rings. The minimum Gasteiger partial charge on any atom is -1.00 e. The second kappa shape index (κ2) is 6.60. The highest BCUT2D eigenvalue weighted by molar-refractivity contribution is 5.85. The number of nitrogens with zero attached hydrogens (tertiary/aromatic N) is 4. The number of halogens is 1. The Bertz CT molecular complexity index is 810. The highest BCUT2D eigenvalue weighted by Gasteiger charge is 2.18. The van der Waals surface area contributed by atoms with Gasteiger partial charge in [0.15, 0.2) is 0 Å². The summed E-state index contributed by atoms with van der Waals surface area (Å²) in [7, 11) is 3.83. The van der Waals surface area contributed by atoms with E-state index in [0.717, 1.165) is 23.7 Å². The molecule has 0 saturated heterocycles. The van der Waals surface area contributed by atoms with Gasteiger partial charge in [0.05, 0.1) is 12.6 Å². The summed E-state index contributed by atoms with van der Waals surface area (Å²) in [6, 6.07) is 8.38. The van der Waals surface area contributed by atoms with Gasteiger partial charge in [-0.25, -0.2) is 4.57 Å². The Hall–Kier alpha value is -1.70. The van der Waals surface area contributed by atoms with Crippen LogP contribution in [0, 0.1) is 6.92 Å². The van der Waals surface area contributed by atoms with Crippen molar-refractivity contribution in [3.63, 3.8) is 0 Å². The molecule has 3 aromatic rings. The van der Waals surface area contributed by atoms with Crippen molar-refractivity contribution in [3.8, 4) is 5.95 Å². The quantitative estimate of drug-likeness (QED) is 0.454. The van der Waals surface area contributed by atoms with Gasteiger partial charge in [-0.05, 0) is 18.1 Å². The van der Waals surface area contributed by atoms with Gasteiger partial charge in [0.25, 0.3) is 0 Å². The summed E-state index contributed by atoms with van der Waals surface area (Å²) in [6.07, 6.45) is 3.13. The van der Waals surface area contributed by atoms with Gasteiger partial charge in [-0.3, -0.25) is 9.88 Å². The first-order valence-corrected chi connectivity index (χ1v) is 7.17. The fraction of sp³-hybridized carbons (Fsp3) is 0.312. The molecule has 0 radical (unpaired) electrons. The third kappa shape index (κ3) is 2.67. The van der Waals surface area contributed by atoms with Crippen molar-refractivity contribution in [1.82, 2.24) is 14.5 Å². The van der Waals surface area contributed by atoms with E-state index in [2.05, 4.69) is 51.2 Å². The van der Waals surface area contributed by atoms with E-state index in [9.17, 15) is 0 Å². The average molecular weight is 409 g/mol. The van der Waals surface area contributed by atoms with Crippen LogP contribution in [-0.2, 0) is 13.5 Å². The summed E-state index contributed by atoms with van der Waals surface area (Å²) in [5.74, 6) is 2.42. The molecule has 0 aliphatic carbocycles. The Balaban J connectivity index is 0.00000176.